The van der Waals surface area contributed by atoms with E-state index in [4.69, 9.17) is 5.21 Å². The van der Waals surface area contributed by atoms with E-state index < -0.39 is 0 Å². The minimum atomic E-state index is 0.108. The molecule has 0 spiro atoms. The highest BCUT2D eigenvalue weighted by molar-refractivity contribution is 7.14. The van der Waals surface area contributed by atoms with Crippen molar-refractivity contribution in [3.63, 3.8) is 0 Å². The molecule has 1 amide bonds. The summed E-state index contributed by atoms with van der Waals surface area (Å²) in [7, 11) is 0. The summed E-state index contributed by atoms with van der Waals surface area (Å²) in [6.07, 6.45) is 1.57. The minimum absolute atomic E-state index is 0.108. The Labute approximate surface area is 117 Å². The molecule has 5 heteroatoms. The molecule has 4 nitrogen and oxygen atoms in total. The van der Waals surface area contributed by atoms with Crippen molar-refractivity contribution < 1.29 is 10.0 Å². The first-order valence-corrected chi connectivity index (χ1v) is 7.45. The number of carbonyl (C=O) groups excluding carboxylic acids is 1. The van der Waals surface area contributed by atoms with E-state index >= 15 is 0 Å². The van der Waals surface area contributed by atoms with E-state index in [1.54, 1.807) is 11.3 Å². The van der Waals surface area contributed by atoms with Gasteiger partial charge in [-0.25, -0.2) is 0 Å². The topological polar surface area (TPSA) is 52.9 Å². The van der Waals surface area contributed by atoms with Crippen molar-refractivity contribution in [2.45, 2.75) is 33.6 Å². The summed E-state index contributed by atoms with van der Waals surface area (Å²) in [4.78, 5) is 16.4. The van der Waals surface area contributed by atoms with Gasteiger partial charge in [-0.3, -0.25) is 4.79 Å². The number of amides is 1. The van der Waals surface area contributed by atoms with Gasteiger partial charge in [-0.05, 0) is 31.9 Å². The zero-order chi connectivity index (χ0) is 14.0. The molecule has 0 radical (unpaired) electrons. The normalized spacial score (nSPS) is 21.9. The van der Waals surface area contributed by atoms with Gasteiger partial charge in [0.25, 0.3) is 5.91 Å². The number of oxime groups is 1. The summed E-state index contributed by atoms with van der Waals surface area (Å²) in [6, 6.07) is 1.97. The van der Waals surface area contributed by atoms with Crippen LogP contribution in [0.25, 0.3) is 0 Å². The van der Waals surface area contributed by atoms with Crippen LogP contribution >= 0.6 is 11.3 Å². The predicted octanol–water partition coefficient (Wildman–Crippen LogP) is 3.07. The number of piperidine rings is 1. The second kappa shape index (κ2) is 5.74. The van der Waals surface area contributed by atoms with Crippen molar-refractivity contribution in [3.05, 3.63) is 21.4 Å². The Morgan fingerprint density at radius 1 is 1.58 bits per heavy atom. The first-order valence-electron chi connectivity index (χ1n) is 6.64. The van der Waals surface area contributed by atoms with Crippen molar-refractivity contribution in [2.24, 2.45) is 11.1 Å². The van der Waals surface area contributed by atoms with Crippen LogP contribution in [0.15, 0.2) is 11.2 Å². The first-order chi connectivity index (χ1) is 9.06. The lowest BCUT2D eigenvalue weighted by Gasteiger charge is -2.32. The zero-order valence-electron chi connectivity index (χ0n) is 11.6. The number of carbonyl (C=O) groups is 1. The van der Waals surface area contributed by atoms with Crippen molar-refractivity contribution in [1.82, 2.24) is 4.90 Å². The van der Waals surface area contributed by atoms with Crippen molar-refractivity contribution in [1.29, 1.82) is 0 Å². The summed E-state index contributed by atoms with van der Waals surface area (Å²) in [6.45, 7) is 7.43. The van der Waals surface area contributed by atoms with Crippen molar-refractivity contribution >= 4 is 23.0 Å². The van der Waals surface area contributed by atoms with Gasteiger partial charge in [-0.1, -0.05) is 12.1 Å². The maximum Gasteiger partial charge on any atom is 0.263 e. The number of nitrogens with zero attached hydrogens (tertiary/aromatic N) is 2. The van der Waals surface area contributed by atoms with Crippen LogP contribution in [0.1, 0.15) is 39.9 Å². The number of likely N-dealkylation sites (tertiary alicyclic amines) is 1. The third-order valence-corrected chi connectivity index (χ3v) is 4.98. The molecule has 0 aromatic carbocycles. The Hall–Kier alpha value is -1.36. The summed E-state index contributed by atoms with van der Waals surface area (Å²) in [5.74, 6) is 0.293. The van der Waals surface area contributed by atoms with Crippen LogP contribution in [0, 0.1) is 19.8 Å². The number of hydrogen-bond donors (Lipinski definition) is 1. The number of hydrogen-bond acceptors (Lipinski definition) is 4. The lowest BCUT2D eigenvalue weighted by Crippen LogP contribution is -2.43. The fraction of sp³-hybridized carbons (Fsp3) is 0.571. The van der Waals surface area contributed by atoms with Crippen LogP contribution in [0.2, 0.25) is 0 Å². The number of rotatable bonds is 2. The van der Waals surface area contributed by atoms with E-state index in [0.29, 0.717) is 19.5 Å². The van der Waals surface area contributed by atoms with E-state index in [9.17, 15) is 4.79 Å². The monoisotopic (exact) mass is 280 g/mol. The van der Waals surface area contributed by atoms with E-state index in [1.165, 1.54) is 10.4 Å². The molecule has 1 fully saturated rings. The van der Waals surface area contributed by atoms with Gasteiger partial charge in [0, 0.05) is 30.3 Å². The van der Waals surface area contributed by atoms with Crippen LogP contribution in [-0.2, 0) is 0 Å². The van der Waals surface area contributed by atoms with Crippen molar-refractivity contribution in [3.8, 4) is 0 Å². The smallest absolute Gasteiger partial charge is 0.263 e. The molecule has 0 saturated carbocycles. The third kappa shape index (κ3) is 2.81. The molecule has 19 heavy (non-hydrogen) atoms. The highest BCUT2D eigenvalue weighted by Gasteiger charge is 2.28. The van der Waals surface area contributed by atoms with Crippen LogP contribution in [0.3, 0.4) is 0 Å². The highest BCUT2D eigenvalue weighted by atomic mass is 32.1. The molecule has 2 rings (SSSR count). The van der Waals surface area contributed by atoms with Crippen molar-refractivity contribution in [2.75, 3.05) is 13.1 Å². The molecule has 1 aliphatic rings. The minimum Gasteiger partial charge on any atom is -0.411 e. The van der Waals surface area contributed by atoms with Gasteiger partial charge in [0.2, 0.25) is 0 Å². The largest absolute Gasteiger partial charge is 0.411 e. The lowest BCUT2D eigenvalue weighted by atomic mass is 9.93. The van der Waals surface area contributed by atoms with Crippen LogP contribution < -0.4 is 0 Å². The molecule has 2 heterocycles. The number of aryl methyl sites for hydroxylation is 2. The maximum atomic E-state index is 12.5. The molecule has 1 aromatic heterocycles. The van der Waals surface area contributed by atoms with E-state index in [0.717, 1.165) is 17.0 Å². The average molecular weight is 280 g/mol. The summed E-state index contributed by atoms with van der Waals surface area (Å²) in [5.41, 5.74) is 2.00. The maximum absolute atomic E-state index is 12.5. The van der Waals surface area contributed by atoms with Crippen LogP contribution in [0.4, 0.5) is 0 Å². The molecule has 1 atom stereocenters. The molecule has 1 N–H and O–H groups in total. The molecule has 104 valence electrons. The molecular weight excluding hydrogens is 260 g/mol. The SMILES string of the molecule is CCC1CN(C(=O)c2cc(C)c(C)s2)CCC1=NO. The van der Waals surface area contributed by atoms with Gasteiger partial charge in [-0.2, -0.15) is 0 Å². The second-order valence-electron chi connectivity index (χ2n) is 5.05. The van der Waals surface area contributed by atoms with E-state index in [1.807, 2.05) is 24.8 Å². The van der Waals surface area contributed by atoms with Gasteiger partial charge >= 0.3 is 0 Å². The van der Waals surface area contributed by atoms with Gasteiger partial charge < -0.3 is 10.1 Å². The standard InChI is InChI=1S/C14H20N2O2S/c1-4-11-8-16(6-5-12(11)15-18)14(17)13-7-9(2)10(3)19-13/h7,11,18H,4-6,8H2,1-3H3. The molecule has 1 aliphatic heterocycles. The summed E-state index contributed by atoms with van der Waals surface area (Å²) >= 11 is 1.56. The van der Waals surface area contributed by atoms with Crippen LogP contribution in [0.5, 0.6) is 0 Å². The zero-order valence-corrected chi connectivity index (χ0v) is 12.5. The van der Waals surface area contributed by atoms with E-state index in [2.05, 4.69) is 12.1 Å². The van der Waals surface area contributed by atoms with Gasteiger partial charge in [0.15, 0.2) is 0 Å². The molecular formula is C14H20N2O2S. The summed E-state index contributed by atoms with van der Waals surface area (Å²) < 4.78 is 0. The van der Waals surface area contributed by atoms with E-state index in [-0.39, 0.29) is 11.8 Å². The summed E-state index contributed by atoms with van der Waals surface area (Å²) in [5, 5.41) is 12.3. The average Bonchev–Trinajstić information content (AvgIpc) is 2.77. The third-order valence-electron chi connectivity index (χ3n) is 3.84. The lowest BCUT2D eigenvalue weighted by molar-refractivity contribution is 0.0734. The second-order valence-corrected chi connectivity index (χ2v) is 6.30. The molecule has 0 aliphatic carbocycles. The molecule has 1 saturated heterocycles. The van der Waals surface area contributed by atoms with Gasteiger partial charge in [0.1, 0.15) is 0 Å². The van der Waals surface area contributed by atoms with Crippen LogP contribution in [-0.4, -0.2) is 34.8 Å². The van der Waals surface area contributed by atoms with Gasteiger partial charge in [-0.15, -0.1) is 11.3 Å². The highest BCUT2D eigenvalue weighted by Crippen LogP contribution is 2.25. The fourth-order valence-corrected chi connectivity index (χ4v) is 3.43. The Bertz CT molecular complexity index is 488. The Balaban J connectivity index is 2.13. The first kappa shape index (κ1) is 14.1. The Morgan fingerprint density at radius 3 is 2.84 bits per heavy atom. The quantitative estimate of drug-likeness (QED) is 0.668. The molecule has 1 unspecified atom stereocenters. The number of thiophene rings is 1. The predicted molar refractivity (Wildman–Crippen MR) is 77.3 cm³/mol. The molecule has 0 bridgehead atoms. The van der Waals surface area contributed by atoms with Gasteiger partial charge in [0.05, 0.1) is 10.6 Å². The Morgan fingerprint density at radius 2 is 2.32 bits per heavy atom. The molecule has 1 aromatic rings. The fourth-order valence-electron chi connectivity index (χ4n) is 2.43. The Kier molecular flexibility index (Phi) is 4.24.